The summed E-state index contributed by atoms with van der Waals surface area (Å²) < 4.78 is 0. The van der Waals surface area contributed by atoms with Crippen molar-refractivity contribution in [2.24, 2.45) is 17.8 Å². The lowest BCUT2D eigenvalue weighted by molar-refractivity contribution is 0.352. The molecule has 1 rings (SSSR count). The fraction of sp³-hybridized carbons (Fsp3) is 1.00. The molecule has 1 fully saturated rings. The molecule has 0 aliphatic heterocycles. The highest BCUT2D eigenvalue weighted by molar-refractivity contribution is 4.81. The first-order chi connectivity index (χ1) is 5.81. The van der Waals surface area contributed by atoms with Gasteiger partial charge in [0.25, 0.3) is 0 Å². The van der Waals surface area contributed by atoms with Crippen molar-refractivity contribution >= 4 is 0 Å². The van der Waals surface area contributed by atoms with Gasteiger partial charge in [0.05, 0.1) is 0 Å². The van der Waals surface area contributed by atoms with Gasteiger partial charge in [-0.25, -0.2) is 0 Å². The van der Waals surface area contributed by atoms with Crippen molar-refractivity contribution in [3.8, 4) is 0 Å². The molecule has 0 aromatic carbocycles. The predicted octanol–water partition coefficient (Wildman–Crippen LogP) is 4.25. The molecule has 0 bridgehead atoms. The average molecular weight is 168 g/mol. The molecule has 0 spiro atoms. The first-order valence-electron chi connectivity index (χ1n) is 5.81. The van der Waals surface area contributed by atoms with E-state index in [1.807, 2.05) is 0 Å². The molecule has 0 heterocycles. The average Bonchev–Trinajstić information content (AvgIpc) is 2.48. The van der Waals surface area contributed by atoms with Crippen LogP contribution in [0.25, 0.3) is 0 Å². The minimum absolute atomic E-state index is 1.06. The van der Waals surface area contributed by atoms with Crippen LogP contribution in [-0.4, -0.2) is 0 Å². The molecule has 3 unspecified atom stereocenters. The molecule has 0 aromatic heterocycles. The lowest BCUT2D eigenvalue weighted by Gasteiger charge is -2.16. The highest BCUT2D eigenvalue weighted by atomic mass is 14.4. The quantitative estimate of drug-likeness (QED) is 0.588. The van der Waals surface area contributed by atoms with Crippen LogP contribution < -0.4 is 0 Å². The van der Waals surface area contributed by atoms with Crippen LogP contribution in [0.4, 0.5) is 0 Å². The second kappa shape index (κ2) is 4.89. The summed E-state index contributed by atoms with van der Waals surface area (Å²) in [5.41, 5.74) is 0. The molecule has 1 saturated carbocycles. The van der Waals surface area contributed by atoms with E-state index in [0.717, 1.165) is 17.8 Å². The van der Waals surface area contributed by atoms with E-state index in [-0.39, 0.29) is 0 Å². The lowest BCUT2D eigenvalue weighted by atomic mass is 9.90. The molecule has 0 amide bonds. The summed E-state index contributed by atoms with van der Waals surface area (Å²) in [6.07, 6.45) is 8.75. The second-order valence-electron chi connectivity index (χ2n) is 4.46. The predicted molar refractivity (Wildman–Crippen MR) is 55.2 cm³/mol. The van der Waals surface area contributed by atoms with Crippen LogP contribution in [0.15, 0.2) is 0 Å². The molecule has 0 radical (unpaired) electrons. The summed E-state index contributed by atoms with van der Waals surface area (Å²) in [6, 6.07) is 0. The summed E-state index contributed by atoms with van der Waals surface area (Å²) in [5, 5.41) is 0. The number of hydrogen-bond acceptors (Lipinski definition) is 0. The maximum absolute atomic E-state index is 2.37. The van der Waals surface area contributed by atoms with Crippen LogP contribution in [0.2, 0.25) is 0 Å². The van der Waals surface area contributed by atoms with E-state index < -0.39 is 0 Å². The molecule has 1 aliphatic carbocycles. The summed E-state index contributed by atoms with van der Waals surface area (Å²) >= 11 is 0. The smallest absolute Gasteiger partial charge is 0.0383 e. The SMILES string of the molecule is CCCC1CC(CC)CC1CC. The van der Waals surface area contributed by atoms with Gasteiger partial charge in [0.15, 0.2) is 0 Å². The van der Waals surface area contributed by atoms with Crippen LogP contribution >= 0.6 is 0 Å². The highest BCUT2D eigenvalue weighted by Gasteiger charge is 2.30. The maximum Gasteiger partial charge on any atom is -0.0383 e. The molecule has 12 heavy (non-hydrogen) atoms. The van der Waals surface area contributed by atoms with Gasteiger partial charge < -0.3 is 0 Å². The van der Waals surface area contributed by atoms with Crippen molar-refractivity contribution in [3.63, 3.8) is 0 Å². The van der Waals surface area contributed by atoms with Gasteiger partial charge in [-0.05, 0) is 30.6 Å². The molecule has 0 saturated heterocycles. The van der Waals surface area contributed by atoms with E-state index in [1.165, 1.54) is 38.5 Å². The van der Waals surface area contributed by atoms with Crippen LogP contribution in [0.1, 0.15) is 59.3 Å². The van der Waals surface area contributed by atoms with Gasteiger partial charge in [-0.2, -0.15) is 0 Å². The van der Waals surface area contributed by atoms with Crippen LogP contribution in [-0.2, 0) is 0 Å². The fourth-order valence-corrected chi connectivity index (χ4v) is 2.90. The zero-order valence-electron chi connectivity index (χ0n) is 8.97. The van der Waals surface area contributed by atoms with E-state index in [1.54, 1.807) is 0 Å². The van der Waals surface area contributed by atoms with Crippen LogP contribution in [0.5, 0.6) is 0 Å². The number of hydrogen-bond donors (Lipinski definition) is 0. The molecule has 0 heteroatoms. The van der Waals surface area contributed by atoms with Crippen molar-refractivity contribution in [1.82, 2.24) is 0 Å². The topological polar surface area (TPSA) is 0 Å². The zero-order chi connectivity index (χ0) is 8.97. The van der Waals surface area contributed by atoms with E-state index in [2.05, 4.69) is 20.8 Å². The van der Waals surface area contributed by atoms with Gasteiger partial charge in [-0.15, -0.1) is 0 Å². The Morgan fingerprint density at radius 1 is 0.917 bits per heavy atom. The first-order valence-corrected chi connectivity index (χ1v) is 5.81. The van der Waals surface area contributed by atoms with Crippen molar-refractivity contribution < 1.29 is 0 Å². The highest BCUT2D eigenvalue weighted by Crippen LogP contribution is 2.41. The molecule has 1 aliphatic rings. The number of rotatable bonds is 4. The van der Waals surface area contributed by atoms with Crippen molar-refractivity contribution in [3.05, 3.63) is 0 Å². The molecular formula is C12H24. The van der Waals surface area contributed by atoms with Crippen molar-refractivity contribution in [1.29, 1.82) is 0 Å². The van der Waals surface area contributed by atoms with E-state index in [9.17, 15) is 0 Å². The normalized spacial score (nSPS) is 35.8. The second-order valence-corrected chi connectivity index (χ2v) is 4.46. The Balaban J connectivity index is 2.39. The molecule has 0 N–H and O–H groups in total. The summed E-state index contributed by atoms with van der Waals surface area (Å²) in [4.78, 5) is 0. The van der Waals surface area contributed by atoms with Crippen LogP contribution in [0.3, 0.4) is 0 Å². The minimum Gasteiger partial charge on any atom is -0.0654 e. The third-order valence-corrected chi connectivity index (χ3v) is 3.70. The van der Waals surface area contributed by atoms with Gasteiger partial charge in [0.2, 0.25) is 0 Å². The Labute approximate surface area is 77.7 Å². The Bertz CT molecular complexity index is 117. The van der Waals surface area contributed by atoms with Gasteiger partial charge >= 0.3 is 0 Å². The monoisotopic (exact) mass is 168 g/mol. The minimum atomic E-state index is 1.06. The first kappa shape index (κ1) is 10.1. The van der Waals surface area contributed by atoms with Crippen molar-refractivity contribution in [2.75, 3.05) is 0 Å². The third kappa shape index (κ3) is 2.24. The molecule has 3 atom stereocenters. The van der Waals surface area contributed by atoms with Gasteiger partial charge in [-0.3, -0.25) is 0 Å². The Kier molecular flexibility index (Phi) is 4.11. The maximum atomic E-state index is 2.37. The molecule has 0 aromatic rings. The Morgan fingerprint density at radius 2 is 1.58 bits per heavy atom. The molecule has 72 valence electrons. The van der Waals surface area contributed by atoms with Gasteiger partial charge in [0, 0.05) is 0 Å². The van der Waals surface area contributed by atoms with E-state index in [0.29, 0.717) is 0 Å². The summed E-state index contributed by atoms with van der Waals surface area (Å²) in [6.45, 7) is 7.04. The van der Waals surface area contributed by atoms with Crippen LogP contribution in [0, 0.1) is 17.8 Å². The Morgan fingerprint density at radius 3 is 2.08 bits per heavy atom. The van der Waals surface area contributed by atoms with E-state index >= 15 is 0 Å². The standard InChI is InChI=1S/C12H24/c1-4-7-12-9-10(5-2)8-11(12)6-3/h10-12H,4-9H2,1-3H3. The largest absolute Gasteiger partial charge is 0.0654 e. The van der Waals surface area contributed by atoms with E-state index in [4.69, 9.17) is 0 Å². The summed E-state index contributed by atoms with van der Waals surface area (Å²) in [5.74, 6) is 3.20. The lowest BCUT2D eigenvalue weighted by Crippen LogP contribution is -2.05. The fourth-order valence-electron chi connectivity index (χ4n) is 2.90. The van der Waals surface area contributed by atoms with Gasteiger partial charge in [0.1, 0.15) is 0 Å². The molecule has 0 nitrogen and oxygen atoms in total. The molecular weight excluding hydrogens is 144 g/mol. The summed E-state index contributed by atoms with van der Waals surface area (Å²) in [7, 11) is 0. The third-order valence-electron chi connectivity index (χ3n) is 3.70. The zero-order valence-corrected chi connectivity index (χ0v) is 8.97. The van der Waals surface area contributed by atoms with Gasteiger partial charge in [-0.1, -0.05) is 46.5 Å². The van der Waals surface area contributed by atoms with Crippen molar-refractivity contribution in [2.45, 2.75) is 59.3 Å². The Hall–Kier alpha value is 0.